The first-order valence-corrected chi connectivity index (χ1v) is 7.39. The summed E-state index contributed by atoms with van der Waals surface area (Å²) in [4.78, 5) is 9.78. The van der Waals surface area contributed by atoms with Crippen LogP contribution in [-0.2, 0) is 9.09 Å². The van der Waals surface area contributed by atoms with Gasteiger partial charge in [-0.2, -0.15) is 0 Å². The van der Waals surface area contributed by atoms with Crippen molar-refractivity contribution in [3.05, 3.63) is 24.3 Å². The summed E-state index contributed by atoms with van der Waals surface area (Å²) in [5, 5.41) is 0.234. The molecule has 0 fully saturated rings. The van der Waals surface area contributed by atoms with Crippen LogP contribution in [0.3, 0.4) is 0 Å². The van der Waals surface area contributed by atoms with Crippen LogP contribution in [0.2, 0.25) is 0 Å². The van der Waals surface area contributed by atoms with E-state index in [1.54, 1.807) is 31.2 Å². The van der Waals surface area contributed by atoms with E-state index in [-0.39, 0.29) is 11.9 Å². The van der Waals surface area contributed by atoms with Crippen LogP contribution >= 0.6 is 7.60 Å². The van der Waals surface area contributed by atoms with E-state index in [1.165, 1.54) is 0 Å². The molecule has 0 aliphatic carbocycles. The second-order valence-corrected chi connectivity index (χ2v) is 5.39. The average molecular weight is 258 g/mol. The summed E-state index contributed by atoms with van der Waals surface area (Å²) >= 11 is 0. The highest BCUT2D eigenvalue weighted by Gasteiger charge is 2.26. The van der Waals surface area contributed by atoms with Crippen molar-refractivity contribution in [2.45, 2.75) is 26.7 Å². The summed E-state index contributed by atoms with van der Waals surface area (Å²) in [5.41, 5.74) is 0. The molecule has 0 spiro atoms. The molecule has 1 aromatic rings. The molecule has 1 N–H and O–H groups in total. The molecule has 1 rings (SSSR count). The maximum Gasteiger partial charge on any atom is 0.362 e. The Hall–Kier alpha value is -0.830. The summed E-state index contributed by atoms with van der Waals surface area (Å²) in [6, 6.07) is 6.73. The summed E-state index contributed by atoms with van der Waals surface area (Å²) in [6.45, 7) is 4.48. The highest BCUT2D eigenvalue weighted by molar-refractivity contribution is 7.61. The van der Waals surface area contributed by atoms with Crippen molar-refractivity contribution in [2.24, 2.45) is 0 Å². The molecule has 0 radical (unpaired) electrons. The van der Waals surface area contributed by atoms with Crippen molar-refractivity contribution in [2.75, 3.05) is 13.2 Å². The Bertz CT molecular complexity index is 392. The highest BCUT2D eigenvalue weighted by Crippen LogP contribution is 2.43. The summed E-state index contributed by atoms with van der Waals surface area (Å²) < 4.78 is 22.3. The van der Waals surface area contributed by atoms with E-state index in [4.69, 9.17) is 9.26 Å². The minimum atomic E-state index is -3.76. The summed E-state index contributed by atoms with van der Waals surface area (Å²) in [6.07, 6.45) is 1.93. The zero-order valence-electron chi connectivity index (χ0n) is 10.3. The molecule has 0 aromatic heterocycles. The van der Waals surface area contributed by atoms with Gasteiger partial charge in [0.15, 0.2) is 0 Å². The van der Waals surface area contributed by atoms with Crippen LogP contribution < -0.4 is 10.0 Å². The predicted octanol–water partition coefficient (Wildman–Crippen LogP) is 2.71. The minimum absolute atomic E-state index is 0.192. The van der Waals surface area contributed by atoms with E-state index >= 15 is 0 Å². The number of rotatable bonds is 7. The molecule has 0 amide bonds. The van der Waals surface area contributed by atoms with Gasteiger partial charge in [-0.1, -0.05) is 25.5 Å². The molecule has 4 nitrogen and oxygen atoms in total. The van der Waals surface area contributed by atoms with Gasteiger partial charge in [0, 0.05) is 0 Å². The van der Waals surface area contributed by atoms with Crippen molar-refractivity contribution in [1.29, 1.82) is 0 Å². The van der Waals surface area contributed by atoms with E-state index in [9.17, 15) is 9.46 Å². The fourth-order valence-electron chi connectivity index (χ4n) is 1.38. The monoisotopic (exact) mass is 258 g/mol. The molecule has 5 heteroatoms. The third-order valence-corrected chi connectivity index (χ3v) is 3.82. The van der Waals surface area contributed by atoms with Gasteiger partial charge in [-0.25, -0.2) is 0 Å². The van der Waals surface area contributed by atoms with Gasteiger partial charge in [0.05, 0.1) is 13.2 Å². The van der Waals surface area contributed by atoms with E-state index in [0.29, 0.717) is 12.4 Å². The van der Waals surface area contributed by atoms with E-state index in [1.807, 2.05) is 0 Å². The third kappa shape index (κ3) is 4.15. The van der Waals surface area contributed by atoms with Gasteiger partial charge in [-0.3, -0.25) is 4.57 Å². The molecule has 1 atom stereocenters. The van der Waals surface area contributed by atoms with Gasteiger partial charge in [0.2, 0.25) is 0 Å². The number of ether oxygens (including phenoxy) is 1. The second kappa shape index (κ2) is 6.80. The zero-order valence-corrected chi connectivity index (χ0v) is 11.2. The molecule has 96 valence electrons. The van der Waals surface area contributed by atoms with Crippen LogP contribution in [0, 0.1) is 0 Å². The Labute approximate surface area is 102 Å². The van der Waals surface area contributed by atoms with Crippen LogP contribution in [0.1, 0.15) is 26.7 Å². The van der Waals surface area contributed by atoms with E-state index in [0.717, 1.165) is 12.8 Å². The molecule has 0 bridgehead atoms. The van der Waals surface area contributed by atoms with Crippen molar-refractivity contribution in [3.8, 4) is 5.75 Å². The molecule has 0 aliphatic rings. The Kier molecular flexibility index (Phi) is 5.69. The first-order chi connectivity index (χ1) is 8.11. The molecule has 17 heavy (non-hydrogen) atoms. The van der Waals surface area contributed by atoms with Gasteiger partial charge >= 0.3 is 7.60 Å². The van der Waals surface area contributed by atoms with Crippen molar-refractivity contribution >= 4 is 12.9 Å². The Morgan fingerprint density at radius 2 is 2.00 bits per heavy atom. The second-order valence-electron chi connectivity index (χ2n) is 3.61. The summed E-state index contributed by atoms with van der Waals surface area (Å²) in [7, 11) is -3.76. The number of unbranched alkanes of at least 4 members (excludes halogenated alkanes) is 1. The van der Waals surface area contributed by atoms with Crippen LogP contribution in [0.5, 0.6) is 5.75 Å². The third-order valence-electron chi connectivity index (χ3n) is 2.23. The van der Waals surface area contributed by atoms with Crippen molar-refractivity contribution in [1.82, 2.24) is 0 Å². The average Bonchev–Trinajstić information content (AvgIpc) is 2.30. The SMILES string of the molecule is CCCCOc1ccccc1P(=O)(O)OCC. The van der Waals surface area contributed by atoms with Gasteiger partial charge in [0.1, 0.15) is 11.1 Å². The molecular formula is C12H19O4P. The number of para-hydroxylation sites is 1. The molecular weight excluding hydrogens is 239 g/mol. The topological polar surface area (TPSA) is 55.8 Å². The zero-order chi connectivity index (χ0) is 12.7. The fraction of sp³-hybridized carbons (Fsp3) is 0.500. The lowest BCUT2D eigenvalue weighted by atomic mass is 10.3. The van der Waals surface area contributed by atoms with Gasteiger partial charge in [-0.05, 0) is 25.5 Å². The molecule has 0 aliphatic heterocycles. The Morgan fingerprint density at radius 1 is 1.29 bits per heavy atom. The predicted molar refractivity (Wildman–Crippen MR) is 67.9 cm³/mol. The van der Waals surface area contributed by atoms with Gasteiger partial charge < -0.3 is 14.2 Å². The smallest absolute Gasteiger partial charge is 0.362 e. The molecule has 0 saturated heterocycles. The Balaban J connectivity index is 2.87. The van der Waals surface area contributed by atoms with E-state index in [2.05, 4.69) is 6.92 Å². The lowest BCUT2D eigenvalue weighted by Crippen LogP contribution is -2.12. The van der Waals surface area contributed by atoms with Crippen molar-refractivity contribution < 1.29 is 18.7 Å². The standard InChI is InChI=1S/C12H19O4P/c1-3-5-10-15-11-8-6-7-9-12(11)17(13,14)16-4-2/h6-9H,3-5,10H2,1-2H3,(H,13,14). The van der Waals surface area contributed by atoms with E-state index < -0.39 is 7.60 Å². The van der Waals surface area contributed by atoms with Crippen LogP contribution in [0.4, 0.5) is 0 Å². The molecule has 0 saturated carbocycles. The first-order valence-electron chi connectivity index (χ1n) is 5.81. The normalized spacial score (nSPS) is 14.3. The quantitative estimate of drug-likeness (QED) is 0.603. The first kappa shape index (κ1) is 14.2. The Morgan fingerprint density at radius 3 is 2.65 bits per heavy atom. The van der Waals surface area contributed by atoms with Gasteiger partial charge in [0.25, 0.3) is 0 Å². The molecule has 1 unspecified atom stereocenters. The lowest BCUT2D eigenvalue weighted by Gasteiger charge is -2.15. The number of hydrogen-bond donors (Lipinski definition) is 1. The lowest BCUT2D eigenvalue weighted by molar-refractivity contribution is 0.279. The van der Waals surface area contributed by atoms with Gasteiger partial charge in [-0.15, -0.1) is 0 Å². The highest BCUT2D eigenvalue weighted by atomic mass is 31.2. The van der Waals surface area contributed by atoms with Crippen LogP contribution in [0.25, 0.3) is 0 Å². The molecule has 1 aromatic carbocycles. The fourth-order valence-corrected chi connectivity index (χ4v) is 2.56. The number of benzene rings is 1. The molecule has 0 heterocycles. The van der Waals surface area contributed by atoms with Crippen LogP contribution in [-0.4, -0.2) is 18.1 Å². The summed E-state index contributed by atoms with van der Waals surface area (Å²) in [5.74, 6) is 0.431. The number of hydrogen-bond acceptors (Lipinski definition) is 3. The minimum Gasteiger partial charge on any atom is -0.493 e. The maximum absolute atomic E-state index is 11.9. The van der Waals surface area contributed by atoms with Crippen molar-refractivity contribution in [3.63, 3.8) is 0 Å². The largest absolute Gasteiger partial charge is 0.493 e. The maximum atomic E-state index is 11.9. The van der Waals surface area contributed by atoms with Crippen LogP contribution in [0.15, 0.2) is 24.3 Å².